The maximum Gasteiger partial charge on any atom is 0.264 e. The van der Waals surface area contributed by atoms with Crippen molar-refractivity contribution in [2.45, 2.75) is 38.3 Å². The Kier molecular flexibility index (Phi) is 4.57. The summed E-state index contributed by atoms with van der Waals surface area (Å²) in [4.78, 5) is 20.7. The first kappa shape index (κ1) is 17.7. The SMILES string of the molecule is O=C(c1cc2c(Cl)nc3ccccc3c2s1)N(Cc1ccco1)C1CCCC1. The van der Waals surface area contributed by atoms with Crippen LogP contribution in [0.3, 0.4) is 0 Å². The van der Waals surface area contributed by atoms with Gasteiger partial charge in [0.05, 0.1) is 23.2 Å². The summed E-state index contributed by atoms with van der Waals surface area (Å²) in [6, 6.07) is 13.9. The molecule has 0 bridgehead atoms. The van der Waals surface area contributed by atoms with Crippen molar-refractivity contribution in [3.63, 3.8) is 0 Å². The number of hydrogen-bond donors (Lipinski definition) is 0. The predicted octanol–water partition coefficient (Wildman–Crippen LogP) is 6.28. The van der Waals surface area contributed by atoms with Crippen molar-refractivity contribution in [1.82, 2.24) is 9.88 Å². The molecular formula is C22H19ClN2O2S. The first-order valence-electron chi connectivity index (χ1n) is 9.52. The highest BCUT2D eigenvalue weighted by Gasteiger charge is 2.29. The van der Waals surface area contributed by atoms with Crippen LogP contribution in [0.15, 0.2) is 53.1 Å². The van der Waals surface area contributed by atoms with Gasteiger partial charge in [0.2, 0.25) is 0 Å². The lowest BCUT2D eigenvalue weighted by Crippen LogP contribution is -2.37. The van der Waals surface area contributed by atoms with Crippen molar-refractivity contribution in [2.24, 2.45) is 0 Å². The summed E-state index contributed by atoms with van der Waals surface area (Å²) in [5.74, 6) is 0.858. The molecule has 0 spiro atoms. The van der Waals surface area contributed by atoms with Crippen molar-refractivity contribution in [2.75, 3.05) is 0 Å². The van der Waals surface area contributed by atoms with Crippen molar-refractivity contribution < 1.29 is 9.21 Å². The van der Waals surface area contributed by atoms with Gasteiger partial charge in [0.1, 0.15) is 10.9 Å². The van der Waals surface area contributed by atoms with Gasteiger partial charge >= 0.3 is 0 Å². The lowest BCUT2D eigenvalue weighted by atomic mass is 10.1. The van der Waals surface area contributed by atoms with Gasteiger partial charge in [0, 0.05) is 21.5 Å². The molecule has 1 amide bonds. The number of carbonyl (C=O) groups is 1. The molecule has 142 valence electrons. The third-order valence-electron chi connectivity index (χ3n) is 5.47. The number of aromatic nitrogens is 1. The highest BCUT2D eigenvalue weighted by Crippen LogP contribution is 2.37. The number of para-hydroxylation sites is 1. The molecule has 4 aromatic rings. The Hall–Kier alpha value is -2.37. The van der Waals surface area contributed by atoms with Gasteiger partial charge in [0.15, 0.2) is 0 Å². The van der Waals surface area contributed by atoms with E-state index in [-0.39, 0.29) is 11.9 Å². The van der Waals surface area contributed by atoms with E-state index < -0.39 is 0 Å². The number of fused-ring (bicyclic) bond motifs is 3. The molecule has 3 aromatic heterocycles. The van der Waals surface area contributed by atoms with Crippen LogP contribution in [-0.4, -0.2) is 21.8 Å². The van der Waals surface area contributed by atoms with E-state index in [1.165, 1.54) is 24.2 Å². The van der Waals surface area contributed by atoms with Crippen LogP contribution in [0, 0.1) is 0 Å². The minimum atomic E-state index is 0.0460. The Balaban J connectivity index is 1.57. The van der Waals surface area contributed by atoms with E-state index in [1.54, 1.807) is 6.26 Å². The van der Waals surface area contributed by atoms with Crippen LogP contribution >= 0.6 is 22.9 Å². The smallest absolute Gasteiger partial charge is 0.264 e. The molecule has 0 saturated heterocycles. The standard InChI is InChI=1S/C22H19ClN2O2S/c23-21-17-12-19(28-20(17)16-9-3-4-10-18(16)24-21)22(26)25(14-6-1-2-7-14)13-15-8-5-11-27-15/h3-5,8-12,14H,1-2,6-7,13H2. The summed E-state index contributed by atoms with van der Waals surface area (Å²) < 4.78 is 6.54. The Bertz CT molecular complexity index is 1150. The molecule has 1 aromatic carbocycles. The second-order valence-electron chi connectivity index (χ2n) is 7.22. The molecule has 4 nitrogen and oxygen atoms in total. The van der Waals surface area contributed by atoms with Crippen LogP contribution in [0.5, 0.6) is 0 Å². The summed E-state index contributed by atoms with van der Waals surface area (Å²) in [5, 5.41) is 2.32. The van der Waals surface area contributed by atoms with E-state index in [1.807, 2.05) is 47.4 Å². The molecule has 1 aliphatic rings. The van der Waals surface area contributed by atoms with E-state index in [4.69, 9.17) is 16.0 Å². The highest BCUT2D eigenvalue weighted by molar-refractivity contribution is 7.21. The van der Waals surface area contributed by atoms with Gasteiger partial charge in [-0.05, 0) is 37.1 Å². The van der Waals surface area contributed by atoms with E-state index in [9.17, 15) is 4.79 Å². The van der Waals surface area contributed by atoms with Crippen LogP contribution in [-0.2, 0) is 6.54 Å². The number of hydrogen-bond acceptors (Lipinski definition) is 4. The molecule has 0 aliphatic heterocycles. The Labute approximate surface area is 171 Å². The van der Waals surface area contributed by atoms with E-state index in [2.05, 4.69) is 4.98 Å². The average Bonchev–Trinajstić information content (AvgIpc) is 3.47. The molecule has 6 heteroatoms. The topological polar surface area (TPSA) is 46.3 Å². The van der Waals surface area contributed by atoms with Crippen LogP contribution in [0.1, 0.15) is 41.1 Å². The molecule has 3 heterocycles. The molecule has 0 atom stereocenters. The molecule has 0 unspecified atom stereocenters. The van der Waals surface area contributed by atoms with Crippen molar-refractivity contribution >= 4 is 49.8 Å². The van der Waals surface area contributed by atoms with Crippen LogP contribution < -0.4 is 0 Å². The maximum atomic E-state index is 13.5. The van der Waals surface area contributed by atoms with Gasteiger partial charge in [-0.3, -0.25) is 4.79 Å². The van der Waals surface area contributed by atoms with Crippen molar-refractivity contribution in [3.05, 3.63) is 64.5 Å². The van der Waals surface area contributed by atoms with Gasteiger partial charge < -0.3 is 9.32 Å². The average molecular weight is 411 g/mol. The number of amides is 1. The molecule has 1 aliphatic carbocycles. The zero-order valence-electron chi connectivity index (χ0n) is 15.2. The molecule has 0 radical (unpaired) electrons. The maximum absolute atomic E-state index is 13.5. The summed E-state index contributed by atoms with van der Waals surface area (Å²) in [7, 11) is 0. The molecular weight excluding hydrogens is 392 g/mol. The third-order valence-corrected chi connectivity index (χ3v) is 6.91. The number of nitrogens with zero attached hydrogens (tertiary/aromatic N) is 2. The van der Waals surface area contributed by atoms with E-state index in [0.29, 0.717) is 16.6 Å². The monoisotopic (exact) mass is 410 g/mol. The number of furan rings is 1. The second-order valence-corrected chi connectivity index (χ2v) is 8.63. The van der Waals surface area contributed by atoms with Gasteiger partial charge in [-0.15, -0.1) is 11.3 Å². The lowest BCUT2D eigenvalue weighted by Gasteiger charge is -2.27. The minimum absolute atomic E-state index is 0.0460. The van der Waals surface area contributed by atoms with Crippen LogP contribution in [0.4, 0.5) is 0 Å². The number of thiophene rings is 1. The number of rotatable bonds is 4. The Morgan fingerprint density at radius 1 is 1.18 bits per heavy atom. The number of halogens is 1. The molecule has 1 saturated carbocycles. The van der Waals surface area contributed by atoms with Gasteiger partial charge in [-0.2, -0.15) is 0 Å². The fourth-order valence-corrected chi connectivity index (χ4v) is 5.52. The lowest BCUT2D eigenvalue weighted by molar-refractivity contribution is 0.0654. The number of pyridine rings is 1. The summed E-state index contributed by atoms with van der Waals surface area (Å²) in [6.45, 7) is 0.497. The molecule has 5 rings (SSSR count). The van der Waals surface area contributed by atoms with Crippen molar-refractivity contribution in [3.8, 4) is 0 Å². The Morgan fingerprint density at radius 2 is 2.00 bits per heavy atom. The number of carbonyl (C=O) groups excluding carboxylic acids is 1. The summed E-state index contributed by atoms with van der Waals surface area (Å²) >= 11 is 7.93. The zero-order valence-corrected chi connectivity index (χ0v) is 16.8. The largest absolute Gasteiger partial charge is 0.467 e. The predicted molar refractivity (Wildman–Crippen MR) is 113 cm³/mol. The van der Waals surface area contributed by atoms with Gasteiger partial charge in [-0.25, -0.2) is 4.98 Å². The molecule has 0 N–H and O–H groups in total. The van der Waals surface area contributed by atoms with Crippen LogP contribution in [0.25, 0.3) is 21.0 Å². The fraction of sp³-hybridized carbons (Fsp3) is 0.273. The summed E-state index contributed by atoms with van der Waals surface area (Å²) in [5.41, 5.74) is 0.851. The van der Waals surface area contributed by atoms with Crippen LogP contribution in [0.2, 0.25) is 5.15 Å². The van der Waals surface area contributed by atoms with Crippen molar-refractivity contribution in [1.29, 1.82) is 0 Å². The Morgan fingerprint density at radius 3 is 2.79 bits per heavy atom. The highest BCUT2D eigenvalue weighted by atomic mass is 35.5. The molecule has 1 fully saturated rings. The fourth-order valence-electron chi connectivity index (χ4n) is 4.07. The normalized spacial score (nSPS) is 14.9. The van der Waals surface area contributed by atoms with E-state index >= 15 is 0 Å². The quantitative estimate of drug-likeness (QED) is 0.372. The van der Waals surface area contributed by atoms with Gasteiger partial charge in [0.25, 0.3) is 5.91 Å². The van der Waals surface area contributed by atoms with E-state index in [0.717, 1.165) is 39.6 Å². The minimum Gasteiger partial charge on any atom is -0.467 e. The first-order chi connectivity index (χ1) is 13.7. The number of benzene rings is 1. The third kappa shape index (κ3) is 3.09. The first-order valence-corrected chi connectivity index (χ1v) is 10.7. The summed E-state index contributed by atoms with van der Waals surface area (Å²) in [6.07, 6.45) is 6.08. The second kappa shape index (κ2) is 7.22. The van der Waals surface area contributed by atoms with Gasteiger partial charge in [-0.1, -0.05) is 42.6 Å². The molecule has 28 heavy (non-hydrogen) atoms. The zero-order chi connectivity index (χ0) is 19.1.